The van der Waals surface area contributed by atoms with Gasteiger partial charge in [0.1, 0.15) is 5.75 Å². The number of rotatable bonds is 0. The molecule has 1 unspecified atom stereocenters. The van der Waals surface area contributed by atoms with Gasteiger partial charge in [-0.15, -0.1) is 0 Å². The van der Waals surface area contributed by atoms with E-state index >= 15 is 0 Å². The quantitative estimate of drug-likeness (QED) is 0.297. The zero-order chi connectivity index (χ0) is 18.4. The fraction of sp³-hybridized carbons (Fsp3) is 0.158. The van der Waals surface area contributed by atoms with Gasteiger partial charge in [0.25, 0.3) is 5.75 Å². The van der Waals surface area contributed by atoms with Gasteiger partial charge in [0.15, 0.2) is 0 Å². The van der Waals surface area contributed by atoms with Gasteiger partial charge in [-0.3, -0.25) is 0 Å². The number of ether oxygens (including phenoxy) is 2. The van der Waals surface area contributed by atoms with E-state index in [0.717, 1.165) is 29.9 Å². The number of para-hydroxylation sites is 2. The van der Waals surface area contributed by atoms with E-state index in [0.29, 0.717) is 0 Å². The number of aliphatic hydroxyl groups is 1. The van der Waals surface area contributed by atoms with Crippen LogP contribution >= 0.6 is 40.4 Å². The summed E-state index contributed by atoms with van der Waals surface area (Å²) in [5.74, 6) is 1.37. The summed E-state index contributed by atoms with van der Waals surface area (Å²) in [5.41, 5.74) is 4.92. The van der Waals surface area contributed by atoms with Crippen molar-refractivity contribution in [3.05, 3.63) is 70.8 Å². The van der Waals surface area contributed by atoms with Crippen LogP contribution in [0.3, 0.4) is 0 Å². The molecule has 1 spiro atoms. The molecule has 0 amide bonds. The van der Waals surface area contributed by atoms with Crippen LogP contribution in [-0.4, -0.2) is 10.5 Å². The third kappa shape index (κ3) is 3.62. The average Bonchev–Trinajstić information content (AvgIpc) is 2.93. The molecule has 1 saturated carbocycles. The van der Waals surface area contributed by atoms with Gasteiger partial charge in [-0.05, 0) is 37.1 Å². The van der Waals surface area contributed by atoms with Crippen molar-refractivity contribution in [3.63, 3.8) is 0 Å². The van der Waals surface area contributed by atoms with Crippen LogP contribution in [0.25, 0.3) is 12.2 Å². The van der Waals surface area contributed by atoms with E-state index in [9.17, 15) is 0 Å². The molecule has 0 aromatic heterocycles. The normalized spacial score (nSPS) is 22.6. The first-order valence-corrected chi connectivity index (χ1v) is 14.0. The second kappa shape index (κ2) is 6.98. The van der Waals surface area contributed by atoms with Crippen LogP contribution in [0.4, 0.5) is 0 Å². The summed E-state index contributed by atoms with van der Waals surface area (Å²) in [6.07, 6.45) is 6.57. The fourth-order valence-electron chi connectivity index (χ4n) is 3.56. The number of halogens is 4. The molecule has 1 N–H and O–H groups in total. The van der Waals surface area contributed by atoms with Gasteiger partial charge in [0, 0.05) is 11.6 Å². The first kappa shape index (κ1) is 18.6. The first-order valence-electron chi connectivity index (χ1n) is 7.91. The fourth-order valence-corrected chi connectivity index (χ4v) is 3.56. The van der Waals surface area contributed by atoms with Crippen molar-refractivity contribution in [2.24, 2.45) is 0 Å². The topological polar surface area (TPSA) is 22.0 Å². The maximum absolute atomic E-state index is 6.40. The Hall–Kier alpha value is -0.801. The van der Waals surface area contributed by atoms with Crippen LogP contribution in [0.1, 0.15) is 24.0 Å². The summed E-state index contributed by atoms with van der Waals surface area (Å²) in [4.78, 5) is 0. The molecule has 0 bridgehead atoms. The van der Waals surface area contributed by atoms with Gasteiger partial charge < -0.3 is 9.47 Å². The van der Waals surface area contributed by atoms with Crippen molar-refractivity contribution >= 4 is 52.5 Å². The van der Waals surface area contributed by atoms with E-state index in [1.54, 1.807) is 0 Å². The predicted molar refractivity (Wildman–Crippen MR) is 107 cm³/mol. The molecule has 2 aromatic carbocycles. The van der Waals surface area contributed by atoms with Crippen molar-refractivity contribution in [2.75, 3.05) is 0 Å². The van der Waals surface area contributed by atoms with E-state index in [1.165, 1.54) is 16.7 Å². The average molecular weight is 473 g/mol. The summed E-state index contributed by atoms with van der Waals surface area (Å²) in [5, 5.41) is 0. The Kier molecular flexibility index (Phi) is 4.98. The van der Waals surface area contributed by atoms with Crippen LogP contribution in [0.5, 0.6) is 11.5 Å². The molecular formula is C19H15Cl4FeO2. The van der Waals surface area contributed by atoms with Crippen LogP contribution in [-0.2, 0) is 9.20 Å². The SMILES string of the molecule is C1=C2CCC3=Cc4ccccc4[OH+]C23Oc2ccccc21.[Cl][Fe-]([Cl])([Cl])[Cl]. The van der Waals surface area contributed by atoms with Crippen molar-refractivity contribution in [2.45, 2.75) is 18.6 Å². The molecule has 26 heavy (non-hydrogen) atoms. The van der Waals surface area contributed by atoms with Crippen molar-refractivity contribution in [3.8, 4) is 11.5 Å². The summed E-state index contributed by atoms with van der Waals surface area (Å²) < 4.78 is 11.4. The summed E-state index contributed by atoms with van der Waals surface area (Å²) in [7, 11) is 17.2. The molecule has 1 aliphatic carbocycles. The number of hydrogen-bond donors (Lipinski definition) is 0. The van der Waals surface area contributed by atoms with E-state index in [-0.39, 0.29) is 0 Å². The minimum absolute atomic E-state index is 0.581. The van der Waals surface area contributed by atoms with Gasteiger partial charge in [-0.2, -0.15) is 0 Å². The molecule has 2 nitrogen and oxygen atoms in total. The minimum atomic E-state index is -2.61. The Morgan fingerprint density at radius 2 is 1.35 bits per heavy atom. The number of hydrogen-bond acceptors (Lipinski definition) is 1. The standard InChI is InChI=1S/C19H14O2.4ClH.Fe/c1-3-7-17-13(5-1)11-15-9-10-16-12-14-6-2-4-8-18(14)21-19(15,16)20-17;;;;;/h1-8,11-12H,9-10H2;4*1H;/q;;;;;+3/p-3. The molecular weight excluding hydrogens is 458 g/mol. The molecule has 139 valence electrons. The number of aromatic hydroxyl groups is 1. The zero-order valence-corrected chi connectivity index (χ0v) is 17.5. The number of fused-ring (bicyclic) bond motifs is 2. The summed E-state index contributed by atoms with van der Waals surface area (Å²) in [6.45, 7) is 0. The van der Waals surface area contributed by atoms with Gasteiger partial charge in [-0.25, -0.2) is 0 Å². The van der Waals surface area contributed by atoms with Gasteiger partial charge in [0.05, 0.1) is 16.7 Å². The monoisotopic (exact) mass is 471 g/mol. The van der Waals surface area contributed by atoms with Gasteiger partial charge in [0.2, 0.25) is 0 Å². The molecule has 1 atom stereocenters. The van der Waals surface area contributed by atoms with Crippen LogP contribution in [0.2, 0.25) is 0 Å². The second-order valence-corrected chi connectivity index (χ2v) is 17.0. The van der Waals surface area contributed by atoms with Gasteiger partial charge >= 0.3 is 55.4 Å². The van der Waals surface area contributed by atoms with Crippen molar-refractivity contribution in [1.82, 2.24) is 0 Å². The number of benzene rings is 2. The molecule has 0 saturated heterocycles. The third-order valence-corrected chi connectivity index (χ3v) is 4.58. The summed E-state index contributed by atoms with van der Waals surface area (Å²) >= 11 is 0. The molecule has 1 fully saturated rings. The van der Waals surface area contributed by atoms with Crippen molar-refractivity contribution < 1.29 is 18.7 Å². The summed E-state index contributed by atoms with van der Waals surface area (Å²) in [6, 6.07) is 16.5. The van der Waals surface area contributed by atoms with E-state index in [2.05, 4.69) is 42.5 Å². The predicted octanol–water partition coefficient (Wildman–Crippen LogP) is 7.05. The molecule has 0 radical (unpaired) electrons. The Bertz CT molecular complexity index is 842. The van der Waals surface area contributed by atoms with Crippen LogP contribution < -0.4 is 4.74 Å². The van der Waals surface area contributed by atoms with Gasteiger partial charge in [-0.1, -0.05) is 30.3 Å². The Morgan fingerprint density at radius 1 is 0.808 bits per heavy atom. The van der Waals surface area contributed by atoms with E-state index < -0.39 is 15.0 Å². The molecule has 7 heteroatoms. The first-order chi connectivity index (χ1) is 12.4. The molecule has 5 rings (SSSR count). The van der Waals surface area contributed by atoms with Crippen LogP contribution in [0.15, 0.2) is 59.7 Å². The maximum atomic E-state index is 6.40. The van der Waals surface area contributed by atoms with Crippen molar-refractivity contribution in [1.29, 1.82) is 0 Å². The molecule has 3 aliphatic rings. The van der Waals surface area contributed by atoms with E-state index in [4.69, 9.17) is 49.9 Å². The van der Waals surface area contributed by atoms with Crippen LogP contribution in [0, 0.1) is 0 Å². The molecule has 2 aromatic rings. The van der Waals surface area contributed by atoms with E-state index in [1.807, 2.05) is 18.2 Å². The Balaban J connectivity index is 0.000000301. The third-order valence-electron chi connectivity index (χ3n) is 4.58. The molecule has 2 aliphatic heterocycles. The Morgan fingerprint density at radius 3 is 2.04 bits per heavy atom. The Labute approximate surface area is 171 Å². The second-order valence-electron chi connectivity index (χ2n) is 6.10. The zero-order valence-electron chi connectivity index (χ0n) is 13.4. The molecule has 2 heterocycles.